The number of ether oxygens (including phenoxy) is 2. The maximum atomic E-state index is 14.0. The fraction of sp³-hybridized carbons (Fsp3) is 0.238. The van der Waals surface area contributed by atoms with Crippen molar-refractivity contribution in [3.8, 4) is 28.7 Å². The lowest BCUT2D eigenvalue weighted by atomic mass is 10.1. The lowest BCUT2D eigenvalue weighted by molar-refractivity contribution is -0.00119. The average Bonchev–Trinajstić information content (AvgIpc) is 3.41. The Morgan fingerprint density at radius 1 is 1.17 bits per heavy atom. The van der Waals surface area contributed by atoms with Crippen LogP contribution < -0.4 is 4.74 Å². The Morgan fingerprint density at radius 2 is 2.00 bits per heavy atom. The molecule has 5 rings (SSSR count). The van der Waals surface area contributed by atoms with Gasteiger partial charge in [0.25, 0.3) is 5.89 Å². The second-order valence-corrected chi connectivity index (χ2v) is 6.77. The largest absolute Gasteiger partial charge is 0.494 e. The molecule has 0 radical (unpaired) electrons. The van der Waals surface area contributed by atoms with Gasteiger partial charge in [-0.15, -0.1) is 5.10 Å². The Morgan fingerprint density at radius 3 is 2.80 bits per heavy atom. The quantitative estimate of drug-likeness (QED) is 0.497. The summed E-state index contributed by atoms with van der Waals surface area (Å²) in [5.74, 6) is 0.741. The van der Waals surface area contributed by atoms with Crippen molar-refractivity contribution < 1.29 is 18.4 Å². The van der Waals surface area contributed by atoms with Crippen molar-refractivity contribution in [2.24, 2.45) is 0 Å². The van der Waals surface area contributed by atoms with E-state index in [1.54, 1.807) is 22.9 Å². The van der Waals surface area contributed by atoms with Gasteiger partial charge < -0.3 is 14.0 Å². The minimum absolute atomic E-state index is 0.153. The molecule has 2 aromatic heterocycles. The molecule has 4 aromatic rings. The molecule has 8 nitrogen and oxygen atoms in total. The summed E-state index contributed by atoms with van der Waals surface area (Å²) >= 11 is 0. The topological polar surface area (TPSA) is 88.1 Å². The van der Waals surface area contributed by atoms with Crippen LogP contribution in [-0.2, 0) is 17.9 Å². The van der Waals surface area contributed by atoms with Gasteiger partial charge in [-0.05, 0) is 36.8 Å². The highest BCUT2D eigenvalue weighted by molar-refractivity contribution is 5.59. The van der Waals surface area contributed by atoms with Gasteiger partial charge in [0.15, 0.2) is 5.69 Å². The molecule has 0 spiro atoms. The summed E-state index contributed by atoms with van der Waals surface area (Å²) in [5, 5.41) is 12.3. The highest BCUT2D eigenvalue weighted by Gasteiger charge is 2.28. The number of fused-ring (bicyclic) bond motifs is 1. The number of rotatable bonds is 5. The van der Waals surface area contributed by atoms with Crippen LogP contribution in [0.4, 0.5) is 4.39 Å². The van der Waals surface area contributed by atoms with Crippen molar-refractivity contribution in [2.45, 2.75) is 26.2 Å². The normalized spacial score (nSPS) is 15.7. The van der Waals surface area contributed by atoms with Gasteiger partial charge in [-0.25, -0.2) is 9.07 Å². The summed E-state index contributed by atoms with van der Waals surface area (Å²) in [5.41, 5.74) is 2.47. The Bertz CT molecular complexity index is 1170. The second kappa shape index (κ2) is 7.68. The van der Waals surface area contributed by atoms with E-state index in [-0.39, 0.29) is 30.0 Å². The molecular weight excluding hydrogens is 389 g/mol. The van der Waals surface area contributed by atoms with E-state index in [0.717, 1.165) is 17.0 Å². The maximum absolute atomic E-state index is 14.0. The van der Waals surface area contributed by atoms with Crippen LogP contribution in [0, 0.1) is 5.82 Å². The molecule has 3 heterocycles. The number of benzene rings is 2. The first-order valence-corrected chi connectivity index (χ1v) is 9.58. The summed E-state index contributed by atoms with van der Waals surface area (Å²) in [4.78, 5) is 4.29. The Hall–Kier alpha value is -3.59. The van der Waals surface area contributed by atoms with Crippen molar-refractivity contribution in [1.29, 1.82) is 0 Å². The van der Waals surface area contributed by atoms with E-state index in [1.165, 1.54) is 6.07 Å². The van der Waals surface area contributed by atoms with Gasteiger partial charge in [-0.1, -0.05) is 34.6 Å². The summed E-state index contributed by atoms with van der Waals surface area (Å²) in [6, 6.07) is 14.1. The molecule has 2 aromatic carbocycles. The first-order valence-electron chi connectivity index (χ1n) is 9.58. The van der Waals surface area contributed by atoms with Gasteiger partial charge in [0.05, 0.1) is 31.0 Å². The van der Waals surface area contributed by atoms with Crippen molar-refractivity contribution >= 4 is 0 Å². The zero-order chi connectivity index (χ0) is 20.5. The second-order valence-electron chi connectivity index (χ2n) is 6.77. The van der Waals surface area contributed by atoms with E-state index < -0.39 is 5.82 Å². The van der Waals surface area contributed by atoms with E-state index >= 15 is 0 Å². The molecule has 1 atom stereocenters. The molecule has 0 fully saturated rings. The molecular formula is C21H18FN5O3. The molecule has 0 bridgehead atoms. The van der Waals surface area contributed by atoms with Crippen LogP contribution >= 0.6 is 0 Å². The van der Waals surface area contributed by atoms with Crippen LogP contribution in [0.2, 0.25) is 0 Å². The highest BCUT2D eigenvalue weighted by atomic mass is 19.1. The van der Waals surface area contributed by atoms with Crippen LogP contribution in [0.3, 0.4) is 0 Å². The molecule has 0 saturated carbocycles. The zero-order valence-electron chi connectivity index (χ0n) is 16.2. The lowest BCUT2D eigenvalue weighted by Crippen LogP contribution is -2.22. The van der Waals surface area contributed by atoms with E-state index in [0.29, 0.717) is 18.8 Å². The molecule has 0 amide bonds. The van der Waals surface area contributed by atoms with Gasteiger partial charge in [0, 0.05) is 0 Å². The van der Waals surface area contributed by atoms with E-state index in [1.807, 2.05) is 31.2 Å². The highest BCUT2D eigenvalue weighted by Crippen LogP contribution is 2.31. The van der Waals surface area contributed by atoms with E-state index in [2.05, 4.69) is 20.5 Å². The van der Waals surface area contributed by atoms with Crippen molar-refractivity contribution in [2.75, 3.05) is 6.61 Å². The minimum atomic E-state index is -0.420. The molecule has 30 heavy (non-hydrogen) atoms. The number of aromatic nitrogens is 5. The third-order valence-corrected chi connectivity index (χ3v) is 4.90. The third-order valence-electron chi connectivity index (χ3n) is 4.90. The van der Waals surface area contributed by atoms with Crippen molar-refractivity contribution in [3.05, 3.63) is 65.6 Å². The predicted molar refractivity (Wildman–Crippen MR) is 104 cm³/mol. The van der Waals surface area contributed by atoms with Crippen LogP contribution in [0.5, 0.6) is 5.75 Å². The number of halogens is 1. The van der Waals surface area contributed by atoms with Crippen molar-refractivity contribution in [1.82, 2.24) is 25.1 Å². The third kappa shape index (κ3) is 3.33. The summed E-state index contributed by atoms with van der Waals surface area (Å²) in [7, 11) is 0. The molecule has 0 aliphatic carbocycles. The molecule has 9 heteroatoms. The van der Waals surface area contributed by atoms with Crippen LogP contribution in [0.25, 0.3) is 23.0 Å². The van der Waals surface area contributed by atoms with Crippen LogP contribution in [-0.4, -0.2) is 31.7 Å². The van der Waals surface area contributed by atoms with Gasteiger partial charge >= 0.3 is 0 Å². The molecule has 0 unspecified atom stereocenters. The lowest BCUT2D eigenvalue weighted by Gasteiger charge is -2.24. The predicted octanol–water partition coefficient (Wildman–Crippen LogP) is 3.80. The molecule has 0 N–H and O–H groups in total. The summed E-state index contributed by atoms with van der Waals surface area (Å²) < 4.78 is 32.6. The standard InChI is InChI=1S/C21H18FN5O3/c1-2-28-14-9-7-13(8-10-14)18-11-27-17(12-29-18)19(24-26-27)21-23-20(25-30-21)15-5-3-4-6-16(15)22/h3-10,18H,2,11-12H2,1H3/t18-/m1/s1. The van der Waals surface area contributed by atoms with Gasteiger partial charge in [0.1, 0.15) is 17.7 Å². The van der Waals surface area contributed by atoms with E-state index in [4.69, 9.17) is 14.0 Å². The van der Waals surface area contributed by atoms with Gasteiger partial charge in [-0.2, -0.15) is 4.98 Å². The Balaban J connectivity index is 1.37. The molecule has 1 aliphatic heterocycles. The number of hydrogen-bond donors (Lipinski definition) is 0. The van der Waals surface area contributed by atoms with Gasteiger partial charge in [-0.3, -0.25) is 0 Å². The average molecular weight is 407 g/mol. The summed E-state index contributed by atoms with van der Waals surface area (Å²) in [6.07, 6.45) is -0.153. The van der Waals surface area contributed by atoms with Gasteiger partial charge in [0.2, 0.25) is 5.82 Å². The van der Waals surface area contributed by atoms with Crippen molar-refractivity contribution in [3.63, 3.8) is 0 Å². The van der Waals surface area contributed by atoms with E-state index in [9.17, 15) is 4.39 Å². The Kier molecular flexibility index (Phi) is 4.72. The molecule has 0 saturated heterocycles. The monoisotopic (exact) mass is 407 g/mol. The number of hydrogen-bond acceptors (Lipinski definition) is 7. The summed E-state index contributed by atoms with van der Waals surface area (Å²) in [6.45, 7) is 3.37. The first kappa shape index (κ1) is 18.4. The number of nitrogens with zero attached hydrogens (tertiary/aromatic N) is 5. The van der Waals surface area contributed by atoms with Crippen LogP contribution in [0.1, 0.15) is 24.3 Å². The fourth-order valence-electron chi connectivity index (χ4n) is 3.40. The van der Waals surface area contributed by atoms with Crippen LogP contribution in [0.15, 0.2) is 53.1 Å². The fourth-order valence-corrected chi connectivity index (χ4v) is 3.40. The maximum Gasteiger partial charge on any atom is 0.280 e. The smallest absolute Gasteiger partial charge is 0.280 e. The Labute approximate surface area is 171 Å². The zero-order valence-corrected chi connectivity index (χ0v) is 16.2. The molecule has 152 valence electrons. The molecule has 1 aliphatic rings. The SMILES string of the molecule is CCOc1ccc([C@H]2Cn3nnc(-c4nc(-c5ccccc5F)no4)c3CO2)cc1. The minimum Gasteiger partial charge on any atom is -0.494 e. The first-order chi connectivity index (χ1) is 14.7.